The number of aliphatic hydroxyl groups excluding tert-OH is 1. The number of carbonyl (C=O) groups is 2. The Morgan fingerprint density at radius 2 is 1.94 bits per heavy atom. The highest BCUT2D eigenvalue weighted by atomic mass is 16.5. The SMILES string of the molecule is O=C(CC1CCc2ccc(NC(=O)c3ccc(C=NN4CCOCC4)cc3)cc2C1)OCCO. The molecular formula is C26H31N3O5. The molecule has 1 fully saturated rings. The van der Waals surface area contributed by atoms with Crippen molar-refractivity contribution < 1.29 is 24.2 Å². The minimum atomic E-state index is -0.273. The summed E-state index contributed by atoms with van der Waals surface area (Å²) in [5.74, 6) is -0.238. The van der Waals surface area contributed by atoms with Crippen LogP contribution >= 0.6 is 0 Å². The Labute approximate surface area is 199 Å². The van der Waals surface area contributed by atoms with Crippen LogP contribution in [-0.4, -0.2) is 67.7 Å². The van der Waals surface area contributed by atoms with E-state index in [0.717, 1.165) is 49.2 Å². The summed E-state index contributed by atoms with van der Waals surface area (Å²) in [7, 11) is 0. The molecule has 1 amide bonds. The highest BCUT2D eigenvalue weighted by molar-refractivity contribution is 6.04. The predicted molar refractivity (Wildman–Crippen MR) is 129 cm³/mol. The van der Waals surface area contributed by atoms with Gasteiger partial charge in [-0.25, -0.2) is 0 Å². The van der Waals surface area contributed by atoms with Gasteiger partial charge in [0.2, 0.25) is 0 Å². The second kappa shape index (κ2) is 11.8. The van der Waals surface area contributed by atoms with Gasteiger partial charge in [-0.15, -0.1) is 0 Å². The van der Waals surface area contributed by atoms with E-state index < -0.39 is 0 Å². The zero-order chi connectivity index (χ0) is 23.8. The smallest absolute Gasteiger partial charge is 0.306 e. The maximum absolute atomic E-state index is 12.8. The normalized spacial score (nSPS) is 17.9. The quantitative estimate of drug-likeness (QED) is 0.459. The molecular weight excluding hydrogens is 434 g/mol. The van der Waals surface area contributed by atoms with E-state index in [4.69, 9.17) is 14.6 Å². The average molecular weight is 466 g/mol. The lowest BCUT2D eigenvalue weighted by molar-refractivity contribution is -0.145. The number of carbonyl (C=O) groups excluding carboxylic acids is 2. The Morgan fingerprint density at radius 3 is 2.71 bits per heavy atom. The number of benzene rings is 2. The van der Waals surface area contributed by atoms with Gasteiger partial charge >= 0.3 is 5.97 Å². The van der Waals surface area contributed by atoms with Gasteiger partial charge in [0.05, 0.1) is 39.1 Å². The predicted octanol–water partition coefficient (Wildman–Crippen LogP) is 2.64. The van der Waals surface area contributed by atoms with Gasteiger partial charge in [0.1, 0.15) is 6.61 Å². The molecule has 2 aromatic rings. The minimum Gasteiger partial charge on any atom is -0.463 e. The molecule has 2 N–H and O–H groups in total. The largest absolute Gasteiger partial charge is 0.463 e. The number of aliphatic hydroxyl groups is 1. The van der Waals surface area contributed by atoms with Crippen molar-refractivity contribution in [2.45, 2.75) is 25.7 Å². The first-order valence-electron chi connectivity index (χ1n) is 11.8. The molecule has 8 heteroatoms. The average Bonchev–Trinajstić information content (AvgIpc) is 2.87. The molecule has 0 spiro atoms. The molecule has 8 nitrogen and oxygen atoms in total. The van der Waals surface area contributed by atoms with Crippen LogP contribution in [0.25, 0.3) is 0 Å². The van der Waals surface area contributed by atoms with Gasteiger partial charge in [-0.3, -0.25) is 14.6 Å². The van der Waals surface area contributed by atoms with Crippen molar-refractivity contribution >= 4 is 23.8 Å². The summed E-state index contributed by atoms with van der Waals surface area (Å²) in [5, 5.41) is 18.2. The summed E-state index contributed by atoms with van der Waals surface area (Å²) in [6, 6.07) is 13.3. The Bertz CT molecular complexity index is 1020. The molecule has 0 radical (unpaired) electrons. The minimum absolute atomic E-state index is 0.0416. The number of hydrogen-bond acceptors (Lipinski definition) is 7. The number of hydrazone groups is 1. The van der Waals surface area contributed by atoms with E-state index in [0.29, 0.717) is 25.2 Å². The van der Waals surface area contributed by atoms with Crippen LogP contribution < -0.4 is 5.32 Å². The third-order valence-electron chi connectivity index (χ3n) is 6.13. The molecule has 1 unspecified atom stereocenters. The van der Waals surface area contributed by atoms with Crippen molar-refractivity contribution in [3.8, 4) is 0 Å². The number of aryl methyl sites for hydroxylation is 1. The van der Waals surface area contributed by atoms with E-state index in [1.165, 1.54) is 5.56 Å². The lowest BCUT2D eigenvalue weighted by atomic mass is 9.82. The lowest BCUT2D eigenvalue weighted by Crippen LogP contribution is -2.32. The maximum Gasteiger partial charge on any atom is 0.306 e. The van der Waals surface area contributed by atoms with Crippen molar-refractivity contribution in [3.05, 3.63) is 64.7 Å². The fraction of sp³-hybridized carbons (Fsp3) is 0.423. The number of nitrogens with zero attached hydrogens (tertiary/aromatic N) is 2. The van der Waals surface area contributed by atoms with E-state index in [-0.39, 0.29) is 31.0 Å². The van der Waals surface area contributed by atoms with Crippen molar-refractivity contribution in [3.63, 3.8) is 0 Å². The van der Waals surface area contributed by atoms with Crippen LogP contribution in [0, 0.1) is 5.92 Å². The Hall–Kier alpha value is -3.23. The van der Waals surface area contributed by atoms with Crippen LogP contribution in [0.2, 0.25) is 0 Å². The standard InChI is InChI=1S/C26H31N3O5/c30-11-14-34-25(31)16-20-3-4-21-7-8-24(17-23(21)15-20)28-26(32)22-5-1-19(2-6-22)18-27-29-9-12-33-13-10-29/h1-2,5-8,17-18,20,30H,3-4,9-16H2,(H,28,32). The molecule has 34 heavy (non-hydrogen) atoms. The third-order valence-corrected chi connectivity index (χ3v) is 6.13. The molecule has 4 rings (SSSR count). The zero-order valence-corrected chi connectivity index (χ0v) is 19.2. The van der Waals surface area contributed by atoms with Gasteiger partial charge in [0.15, 0.2) is 0 Å². The second-order valence-electron chi connectivity index (χ2n) is 8.63. The summed E-state index contributed by atoms with van der Waals surface area (Å²) < 4.78 is 10.3. The highest BCUT2D eigenvalue weighted by Gasteiger charge is 2.22. The summed E-state index contributed by atoms with van der Waals surface area (Å²) >= 11 is 0. The Kier molecular flexibility index (Phi) is 8.27. The number of hydrogen-bond donors (Lipinski definition) is 2. The van der Waals surface area contributed by atoms with Gasteiger partial charge in [-0.2, -0.15) is 5.10 Å². The summed E-state index contributed by atoms with van der Waals surface area (Å²) in [6.07, 6.45) is 4.73. The topological polar surface area (TPSA) is 100 Å². The summed E-state index contributed by atoms with van der Waals surface area (Å²) in [5.41, 5.74) is 4.65. The van der Waals surface area contributed by atoms with Gasteiger partial charge in [-0.1, -0.05) is 18.2 Å². The number of anilines is 1. The number of morpholine rings is 1. The highest BCUT2D eigenvalue weighted by Crippen LogP contribution is 2.30. The number of amides is 1. The van der Waals surface area contributed by atoms with Crippen LogP contribution in [0.3, 0.4) is 0 Å². The van der Waals surface area contributed by atoms with Crippen LogP contribution in [0.5, 0.6) is 0 Å². The van der Waals surface area contributed by atoms with Crippen LogP contribution in [0.1, 0.15) is 39.9 Å². The van der Waals surface area contributed by atoms with E-state index in [1.807, 2.05) is 29.3 Å². The molecule has 180 valence electrons. The Morgan fingerprint density at radius 1 is 1.15 bits per heavy atom. The lowest BCUT2D eigenvalue weighted by Gasteiger charge is -2.24. The summed E-state index contributed by atoms with van der Waals surface area (Å²) in [6.45, 7) is 2.83. The third kappa shape index (κ3) is 6.65. The molecule has 2 aromatic carbocycles. The van der Waals surface area contributed by atoms with Crippen LogP contribution in [0.4, 0.5) is 5.69 Å². The molecule has 1 atom stereocenters. The van der Waals surface area contributed by atoms with E-state index in [2.05, 4.69) is 16.5 Å². The number of fused-ring (bicyclic) bond motifs is 1. The molecule has 0 aromatic heterocycles. The first-order chi connectivity index (χ1) is 16.6. The van der Waals surface area contributed by atoms with Crippen LogP contribution in [0.15, 0.2) is 47.6 Å². The second-order valence-corrected chi connectivity index (χ2v) is 8.63. The van der Waals surface area contributed by atoms with Gasteiger partial charge in [0.25, 0.3) is 5.91 Å². The molecule has 2 aliphatic rings. The maximum atomic E-state index is 12.8. The summed E-state index contributed by atoms with van der Waals surface area (Å²) in [4.78, 5) is 24.7. The number of ether oxygens (including phenoxy) is 2. The monoisotopic (exact) mass is 465 g/mol. The fourth-order valence-corrected chi connectivity index (χ4v) is 4.28. The van der Waals surface area contributed by atoms with Gasteiger partial charge in [0, 0.05) is 17.7 Å². The van der Waals surface area contributed by atoms with Crippen molar-refractivity contribution in [1.82, 2.24) is 5.01 Å². The molecule has 0 bridgehead atoms. The zero-order valence-electron chi connectivity index (χ0n) is 19.2. The van der Waals surface area contributed by atoms with Crippen LogP contribution in [-0.2, 0) is 27.1 Å². The molecule has 0 saturated carbocycles. The number of rotatable bonds is 8. The molecule has 1 aliphatic heterocycles. The molecule has 1 saturated heterocycles. The molecule has 1 aliphatic carbocycles. The van der Waals surface area contributed by atoms with E-state index in [9.17, 15) is 9.59 Å². The van der Waals surface area contributed by atoms with Gasteiger partial charge < -0.3 is 19.9 Å². The Balaban J connectivity index is 1.33. The first-order valence-corrected chi connectivity index (χ1v) is 11.8. The number of esters is 1. The molecule has 1 heterocycles. The van der Waals surface area contributed by atoms with Crippen molar-refractivity contribution in [2.75, 3.05) is 44.8 Å². The number of nitrogens with one attached hydrogen (secondary N) is 1. The fourth-order valence-electron chi connectivity index (χ4n) is 4.28. The van der Waals surface area contributed by atoms with Gasteiger partial charge in [-0.05, 0) is 66.1 Å². The first kappa shape index (κ1) is 23.9. The van der Waals surface area contributed by atoms with Crippen molar-refractivity contribution in [1.29, 1.82) is 0 Å². The van der Waals surface area contributed by atoms with E-state index in [1.54, 1.807) is 18.3 Å². The van der Waals surface area contributed by atoms with Crippen molar-refractivity contribution in [2.24, 2.45) is 11.0 Å². The van der Waals surface area contributed by atoms with E-state index >= 15 is 0 Å².